The first-order chi connectivity index (χ1) is 20.3. The first-order valence-corrected chi connectivity index (χ1v) is 12.9. The molecule has 7 nitrogen and oxygen atoms in total. The molecule has 0 aliphatic carbocycles. The Morgan fingerprint density at radius 2 is 1.76 bits per heavy atom. The zero-order valence-corrected chi connectivity index (χ0v) is 22.2. The Morgan fingerprint density at radius 1 is 0.976 bits per heavy atom. The van der Waals surface area contributed by atoms with Crippen molar-refractivity contribution in [3.05, 3.63) is 136 Å². The van der Waals surface area contributed by atoms with Crippen molar-refractivity contribution in [3.8, 4) is 23.3 Å². The van der Waals surface area contributed by atoms with Crippen LogP contribution in [0.2, 0.25) is 0 Å². The summed E-state index contributed by atoms with van der Waals surface area (Å²) in [4.78, 5) is 13.0. The van der Waals surface area contributed by atoms with Crippen LogP contribution in [-0.4, -0.2) is 5.97 Å². The lowest BCUT2D eigenvalue weighted by molar-refractivity contribution is 0.0702. The number of hydrogen-bond donors (Lipinski definition) is 1. The van der Waals surface area contributed by atoms with Crippen LogP contribution < -0.4 is 19.9 Å². The second-order valence-corrected chi connectivity index (χ2v) is 9.70. The molecule has 1 unspecified atom stereocenters. The first-order valence-electron chi connectivity index (χ1n) is 12.9. The Labute approximate surface area is 239 Å². The normalized spacial score (nSPS) is 14.2. The summed E-state index contributed by atoms with van der Waals surface area (Å²) in [5, 5.41) is 10.4. The van der Waals surface area contributed by atoms with Crippen molar-refractivity contribution in [2.75, 3.05) is 0 Å². The number of fused-ring (bicyclic) bond motifs is 2. The molecule has 2 heterocycles. The largest absolute Gasteiger partial charge is 0.489 e. The predicted octanol–water partition coefficient (Wildman–Crippen LogP) is 7.04. The van der Waals surface area contributed by atoms with Gasteiger partial charge in [-0.2, -0.15) is 5.26 Å². The quantitative estimate of drug-likeness (QED) is 0.174. The first kappa shape index (κ1) is 26.6. The van der Waals surface area contributed by atoms with Crippen LogP contribution >= 0.6 is 0 Å². The van der Waals surface area contributed by atoms with Crippen molar-refractivity contribution in [2.24, 2.45) is 5.73 Å². The number of furan rings is 1. The van der Waals surface area contributed by atoms with Gasteiger partial charge in [0.2, 0.25) is 11.6 Å². The van der Waals surface area contributed by atoms with Gasteiger partial charge in [0.15, 0.2) is 0 Å². The van der Waals surface area contributed by atoms with E-state index in [0.29, 0.717) is 33.6 Å². The van der Waals surface area contributed by atoms with Crippen LogP contribution in [-0.2, 0) is 6.61 Å². The maximum absolute atomic E-state index is 13.7. The lowest BCUT2D eigenvalue weighted by atomic mass is 9.83. The molecule has 42 heavy (non-hydrogen) atoms. The number of allylic oxidation sites excluding steroid dienone is 1. The van der Waals surface area contributed by atoms with Gasteiger partial charge in [-0.05, 0) is 66.6 Å². The van der Waals surface area contributed by atoms with Gasteiger partial charge in [-0.1, -0.05) is 30.3 Å². The maximum Gasteiger partial charge on any atom is 0.379 e. The fourth-order valence-electron chi connectivity index (χ4n) is 4.91. The number of nitrogens with two attached hydrogens (primary N) is 1. The zero-order chi connectivity index (χ0) is 29.4. The second-order valence-electron chi connectivity index (χ2n) is 9.70. The monoisotopic (exact) mass is 564 g/mol. The summed E-state index contributed by atoms with van der Waals surface area (Å²) in [7, 11) is 0. The smallest absolute Gasteiger partial charge is 0.379 e. The number of nitrogens with zero attached hydrogens (tertiary/aromatic N) is 1. The van der Waals surface area contributed by atoms with Crippen molar-refractivity contribution in [1.82, 2.24) is 0 Å². The molecule has 4 aromatic carbocycles. The van der Waals surface area contributed by atoms with E-state index in [9.17, 15) is 18.8 Å². The number of benzene rings is 4. The van der Waals surface area contributed by atoms with Crippen molar-refractivity contribution in [2.45, 2.75) is 19.4 Å². The molecule has 0 saturated carbocycles. The van der Waals surface area contributed by atoms with Crippen LogP contribution in [0.3, 0.4) is 0 Å². The molecular formula is C33H22F2N2O5. The minimum atomic E-state index is -0.761. The van der Waals surface area contributed by atoms with E-state index in [0.717, 1.165) is 11.1 Å². The number of halogens is 2. The summed E-state index contributed by atoms with van der Waals surface area (Å²) in [5.74, 6) is -1.22. The highest BCUT2D eigenvalue weighted by atomic mass is 19.1. The Bertz CT molecular complexity index is 1920. The van der Waals surface area contributed by atoms with Crippen molar-refractivity contribution >= 4 is 16.9 Å². The molecule has 2 N–H and O–H groups in total. The van der Waals surface area contributed by atoms with Gasteiger partial charge in [-0.25, -0.2) is 13.6 Å². The van der Waals surface area contributed by atoms with E-state index in [-0.39, 0.29) is 35.4 Å². The van der Waals surface area contributed by atoms with E-state index in [1.54, 1.807) is 49.4 Å². The Hall–Kier alpha value is -5.62. The van der Waals surface area contributed by atoms with Gasteiger partial charge in [0, 0.05) is 22.6 Å². The molecule has 0 saturated heterocycles. The number of esters is 1. The van der Waals surface area contributed by atoms with Crippen molar-refractivity contribution < 1.29 is 32.2 Å². The molecule has 208 valence electrons. The molecule has 0 fully saturated rings. The fraction of sp³-hybridized carbons (Fsp3) is 0.0909. The van der Waals surface area contributed by atoms with Gasteiger partial charge in [-0.15, -0.1) is 0 Å². The summed E-state index contributed by atoms with van der Waals surface area (Å²) in [5.41, 5.74) is 9.35. The van der Waals surface area contributed by atoms with Crippen LogP contribution in [0, 0.1) is 29.9 Å². The molecule has 1 aromatic heterocycles. The van der Waals surface area contributed by atoms with E-state index in [2.05, 4.69) is 6.07 Å². The average molecular weight is 565 g/mol. The molecule has 0 bridgehead atoms. The summed E-state index contributed by atoms with van der Waals surface area (Å²) in [6.45, 7) is 1.88. The number of nitriles is 1. The van der Waals surface area contributed by atoms with E-state index >= 15 is 0 Å². The average Bonchev–Trinajstić information content (AvgIpc) is 3.31. The third-order valence-electron chi connectivity index (χ3n) is 6.99. The lowest BCUT2D eigenvalue weighted by Gasteiger charge is -2.27. The SMILES string of the molecule is Cc1c(C(=O)Oc2ccc3c(c2)OC(N)=C(C#N)C3c2cccc(OCc3ccc(F)cc3)c2)oc2ccc(F)cc12. The Kier molecular flexibility index (Phi) is 6.80. The number of ether oxygens (including phenoxy) is 3. The third-order valence-corrected chi connectivity index (χ3v) is 6.99. The topological polar surface area (TPSA) is 108 Å². The number of hydrogen-bond acceptors (Lipinski definition) is 7. The second kappa shape index (κ2) is 10.7. The van der Waals surface area contributed by atoms with Gasteiger partial charge < -0.3 is 24.4 Å². The molecule has 0 amide bonds. The predicted molar refractivity (Wildman–Crippen MR) is 149 cm³/mol. The van der Waals surface area contributed by atoms with Gasteiger partial charge in [0.05, 0.1) is 5.92 Å². The summed E-state index contributed by atoms with van der Waals surface area (Å²) >= 11 is 0. The standard InChI is InChI=1S/C33H22F2N2O5/c1-18-26-14-22(35)9-12-28(26)41-31(18)33(38)40-24-10-11-25-29(15-24)42-32(37)27(16-36)30(25)20-3-2-4-23(13-20)39-17-19-5-7-21(34)8-6-19/h2-15,30H,17,37H2,1H3. The van der Waals surface area contributed by atoms with E-state index in [1.807, 2.05) is 6.07 Å². The molecular weight excluding hydrogens is 542 g/mol. The van der Waals surface area contributed by atoms with Crippen LogP contribution in [0.1, 0.15) is 38.7 Å². The highest BCUT2D eigenvalue weighted by molar-refractivity contribution is 5.96. The third kappa shape index (κ3) is 5.02. The molecule has 1 aliphatic heterocycles. The summed E-state index contributed by atoms with van der Waals surface area (Å²) < 4.78 is 49.8. The van der Waals surface area contributed by atoms with Gasteiger partial charge >= 0.3 is 5.97 Å². The summed E-state index contributed by atoms with van der Waals surface area (Å²) in [6, 6.07) is 24.2. The number of aryl methyl sites for hydroxylation is 1. The van der Waals surface area contributed by atoms with Crippen LogP contribution in [0.5, 0.6) is 17.2 Å². The highest BCUT2D eigenvalue weighted by Gasteiger charge is 2.31. The number of rotatable bonds is 6. The van der Waals surface area contributed by atoms with E-state index in [4.69, 9.17) is 24.4 Å². The maximum atomic E-state index is 13.7. The number of carbonyl (C=O) groups is 1. The fourth-order valence-corrected chi connectivity index (χ4v) is 4.91. The van der Waals surface area contributed by atoms with Gasteiger partial charge in [-0.3, -0.25) is 0 Å². The molecule has 9 heteroatoms. The molecule has 1 atom stereocenters. The molecule has 5 aromatic rings. The van der Waals surface area contributed by atoms with E-state index in [1.165, 1.54) is 36.4 Å². The molecule has 1 aliphatic rings. The summed E-state index contributed by atoms with van der Waals surface area (Å²) in [6.07, 6.45) is 0. The van der Waals surface area contributed by atoms with Crippen LogP contribution in [0.15, 0.2) is 101 Å². The van der Waals surface area contributed by atoms with Crippen molar-refractivity contribution in [3.63, 3.8) is 0 Å². The lowest BCUT2D eigenvalue weighted by Crippen LogP contribution is -2.21. The van der Waals surface area contributed by atoms with Crippen molar-refractivity contribution in [1.29, 1.82) is 5.26 Å². The zero-order valence-electron chi connectivity index (χ0n) is 22.2. The minimum absolute atomic E-state index is 0.0456. The molecule has 0 spiro atoms. The van der Waals surface area contributed by atoms with Crippen LogP contribution in [0.4, 0.5) is 8.78 Å². The molecule has 6 rings (SSSR count). The Balaban J connectivity index is 1.27. The minimum Gasteiger partial charge on any atom is -0.489 e. The number of carbonyl (C=O) groups excluding carboxylic acids is 1. The Morgan fingerprint density at radius 3 is 2.55 bits per heavy atom. The van der Waals surface area contributed by atoms with Crippen LogP contribution in [0.25, 0.3) is 11.0 Å². The van der Waals surface area contributed by atoms with E-state index < -0.39 is 17.7 Å². The van der Waals surface area contributed by atoms with Gasteiger partial charge in [0.1, 0.15) is 52.7 Å². The highest BCUT2D eigenvalue weighted by Crippen LogP contribution is 2.44. The van der Waals surface area contributed by atoms with Gasteiger partial charge in [0.25, 0.3) is 0 Å². The molecule has 0 radical (unpaired) electrons.